The largest absolute Gasteiger partial charge is 0.457 e. The zero-order chi connectivity index (χ0) is 10.1. The van der Waals surface area contributed by atoms with Crippen LogP contribution in [-0.2, 0) is 0 Å². The van der Waals surface area contributed by atoms with Crippen molar-refractivity contribution in [2.24, 2.45) is 0 Å². The summed E-state index contributed by atoms with van der Waals surface area (Å²) in [5.74, 6) is 0. The minimum atomic E-state index is -0.123. The molecule has 4 heteroatoms. The lowest BCUT2D eigenvalue weighted by molar-refractivity contribution is 0.537. The van der Waals surface area contributed by atoms with Crippen LogP contribution in [0.2, 0.25) is 0 Å². The smallest absolute Gasteiger partial charge is 0.173 e. The fraction of sp³-hybridized carbons (Fsp3) is 0.200. The van der Waals surface area contributed by atoms with E-state index in [-0.39, 0.29) is 5.38 Å². The molecule has 1 nitrogen and oxygen atoms in total. The summed E-state index contributed by atoms with van der Waals surface area (Å²) in [6.07, 6.45) is 1.63. The van der Waals surface area contributed by atoms with E-state index in [1.807, 2.05) is 6.07 Å². The molecule has 0 saturated carbocycles. The summed E-state index contributed by atoms with van der Waals surface area (Å²) in [4.78, 5) is 2.41. The van der Waals surface area contributed by atoms with Gasteiger partial charge in [-0.05, 0) is 41.1 Å². The van der Waals surface area contributed by atoms with E-state index in [4.69, 9.17) is 16.0 Å². The van der Waals surface area contributed by atoms with Gasteiger partial charge in [0.25, 0.3) is 0 Å². The number of hydrogen-bond donors (Lipinski definition) is 0. The van der Waals surface area contributed by atoms with Gasteiger partial charge in [0.1, 0.15) is 0 Å². The summed E-state index contributed by atoms with van der Waals surface area (Å²) in [5.41, 5.74) is 0.980. The molecule has 0 saturated heterocycles. The fourth-order valence-electron chi connectivity index (χ4n) is 1.23. The first-order valence-corrected chi connectivity index (χ1v) is 6.16. The van der Waals surface area contributed by atoms with Gasteiger partial charge in [-0.2, -0.15) is 0 Å². The minimum Gasteiger partial charge on any atom is -0.457 e. The van der Waals surface area contributed by atoms with Crippen molar-refractivity contribution < 1.29 is 4.42 Å². The van der Waals surface area contributed by atoms with Gasteiger partial charge in [0, 0.05) is 15.3 Å². The van der Waals surface area contributed by atoms with E-state index in [0.29, 0.717) is 4.67 Å². The monoisotopic (exact) mass is 290 g/mol. The molecule has 0 radical (unpaired) electrons. The van der Waals surface area contributed by atoms with Crippen molar-refractivity contribution >= 4 is 38.9 Å². The molecule has 0 aliphatic carbocycles. The third kappa shape index (κ3) is 1.90. The molecule has 2 heterocycles. The van der Waals surface area contributed by atoms with Crippen LogP contribution in [0, 0.1) is 6.92 Å². The van der Waals surface area contributed by atoms with Crippen LogP contribution in [0.5, 0.6) is 0 Å². The fourth-order valence-corrected chi connectivity index (χ4v) is 3.08. The molecule has 0 N–H and O–H groups in total. The Morgan fingerprint density at radius 2 is 2.21 bits per heavy atom. The Hall–Kier alpha value is -0.250. The Bertz CT molecular complexity index is 435. The molecule has 0 aliphatic heterocycles. The average Bonchev–Trinajstić information content (AvgIpc) is 2.73. The van der Waals surface area contributed by atoms with Gasteiger partial charge in [0.05, 0.1) is 11.6 Å². The van der Waals surface area contributed by atoms with Crippen LogP contribution in [0.15, 0.2) is 33.5 Å². The Morgan fingerprint density at radius 3 is 2.71 bits per heavy atom. The Labute approximate surface area is 99.8 Å². The molecule has 0 spiro atoms. The molecule has 14 heavy (non-hydrogen) atoms. The SMILES string of the molecule is Cc1ccc(C(Cl)c2ccoc2Br)s1. The molecule has 0 aromatic carbocycles. The molecule has 2 aromatic heterocycles. The molecule has 0 aliphatic rings. The number of halogens is 2. The lowest BCUT2D eigenvalue weighted by atomic mass is 10.2. The lowest BCUT2D eigenvalue weighted by Gasteiger charge is -2.03. The summed E-state index contributed by atoms with van der Waals surface area (Å²) in [7, 11) is 0. The number of rotatable bonds is 2. The maximum Gasteiger partial charge on any atom is 0.173 e. The van der Waals surface area contributed by atoms with Crippen LogP contribution in [0.25, 0.3) is 0 Å². The predicted octanol–water partition coefficient (Wildman–Crippen LogP) is 4.74. The third-order valence-electron chi connectivity index (χ3n) is 1.93. The molecule has 2 rings (SSSR count). The molecule has 0 fully saturated rings. The molecular formula is C10H8BrClOS. The molecule has 74 valence electrons. The van der Waals surface area contributed by atoms with E-state index < -0.39 is 0 Å². The van der Waals surface area contributed by atoms with Crippen molar-refractivity contribution in [2.45, 2.75) is 12.3 Å². The molecular weight excluding hydrogens is 284 g/mol. The average molecular weight is 292 g/mol. The zero-order valence-corrected chi connectivity index (χ0v) is 10.6. The molecule has 0 amide bonds. The highest BCUT2D eigenvalue weighted by atomic mass is 79.9. The first-order valence-electron chi connectivity index (χ1n) is 4.12. The molecule has 1 atom stereocenters. The van der Waals surface area contributed by atoms with Crippen LogP contribution < -0.4 is 0 Å². The van der Waals surface area contributed by atoms with Gasteiger partial charge in [-0.3, -0.25) is 0 Å². The van der Waals surface area contributed by atoms with E-state index in [0.717, 1.165) is 10.4 Å². The molecule has 2 aromatic rings. The molecule has 1 unspecified atom stereocenters. The summed E-state index contributed by atoms with van der Waals surface area (Å²) in [5, 5.41) is -0.123. The summed E-state index contributed by atoms with van der Waals surface area (Å²) >= 11 is 11.3. The summed E-state index contributed by atoms with van der Waals surface area (Å²) in [6, 6.07) is 6.01. The summed E-state index contributed by atoms with van der Waals surface area (Å²) < 4.78 is 5.86. The zero-order valence-electron chi connectivity index (χ0n) is 7.46. The van der Waals surface area contributed by atoms with Crippen LogP contribution in [-0.4, -0.2) is 0 Å². The topological polar surface area (TPSA) is 13.1 Å². The second-order valence-electron chi connectivity index (χ2n) is 2.96. The van der Waals surface area contributed by atoms with Gasteiger partial charge in [-0.1, -0.05) is 0 Å². The van der Waals surface area contributed by atoms with E-state index >= 15 is 0 Å². The lowest BCUT2D eigenvalue weighted by Crippen LogP contribution is -1.87. The van der Waals surface area contributed by atoms with Crippen LogP contribution >= 0.6 is 38.9 Å². The number of thiophene rings is 1. The van der Waals surface area contributed by atoms with Crippen molar-refractivity contribution in [1.29, 1.82) is 0 Å². The highest BCUT2D eigenvalue weighted by Gasteiger charge is 2.17. The van der Waals surface area contributed by atoms with Gasteiger partial charge in [-0.25, -0.2) is 0 Å². The maximum atomic E-state index is 6.31. The first-order chi connectivity index (χ1) is 6.68. The number of furan rings is 1. The highest BCUT2D eigenvalue weighted by molar-refractivity contribution is 9.10. The van der Waals surface area contributed by atoms with Gasteiger partial charge >= 0.3 is 0 Å². The van der Waals surface area contributed by atoms with Crippen molar-refractivity contribution in [2.75, 3.05) is 0 Å². The number of aryl methyl sites for hydroxylation is 1. The van der Waals surface area contributed by atoms with Crippen molar-refractivity contribution in [3.63, 3.8) is 0 Å². The quantitative estimate of drug-likeness (QED) is 0.728. The van der Waals surface area contributed by atoms with Crippen LogP contribution in [0.1, 0.15) is 20.7 Å². The maximum absolute atomic E-state index is 6.31. The molecule has 0 bridgehead atoms. The Balaban J connectivity index is 2.33. The minimum absolute atomic E-state index is 0.123. The number of alkyl halides is 1. The standard InChI is InChI=1S/C10H8BrClOS/c1-6-2-3-8(14-6)9(12)7-4-5-13-10(7)11/h2-5,9H,1H3. The van der Waals surface area contributed by atoms with Crippen LogP contribution in [0.4, 0.5) is 0 Å². The Kier molecular flexibility index (Phi) is 3.00. The van der Waals surface area contributed by atoms with Crippen LogP contribution in [0.3, 0.4) is 0 Å². The Morgan fingerprint density at radius 1 is 1.43 bits per heavy atom. The highest BCUT2D eigenvalue weighted by Crippen LogP contribution is 2.37. The van der Waals surface area contributed by atoms with Gasteiger partial charge in [-0.15, -0.1) is 22.9 Å². The van der Waals surface area contributed by atoms with E-state index in [2.05, 4.69) is 35.0 Å². The van der Waals surface area contributed by atoms with E-state index in [9.17, 15) is 0 Å². The van der Waals surface area contributed by atoms with E-state index in [1.165, 1.54) is 4.88 Å². The summed E-state index contributed by atoms with van der Waals surface area (Å²) in [6.45, 7) is 2.07. The third-order valence-corrected chi connectivity index (χ3v) is 4.24. The van der Waals surface area contributed by atoms with Crippen molar-refractivity contribution in [3.8, 4) is 0 Å². The normalized spacial score (nSPS) is 13.1. The van der Waals surface area contributed by atoms with Crippen molar-refractivity contribution in [3.05, 3.63) is 44.4 Å². The van der Waals surface area contributed by atoms with Gasteiger partial charge < -0.3 is 4.42 Å². The first kappa shape index (κ1) is 10.3. The van der Waals surface area contributed by atoms with Crippen molar-refractivity contribution in [1.82, 2.24) is 0 Å². The predicted molar refractivity (Wildman–Crippen MR) is 63.2 cm³/mol. The van der Waals surface area contributed by atoms with Gasteiger partial charge in [0.15, 0.2) is 4.67 Å². The van der Waals surface area contributed by atoms with Gasteiger partial charge in [0.2, 0.25) is 0 Å². The second-order valence-corrected chi connectivity index (χ2v) is 5.44. The second kappa shape index (κ2) is 4.09. The number of hydrogen-bond acceptors (Lipinski definition) is 2. The van der Waals surface area contributed by atoms with E-state index in [1.54, 1.807) is 17.6 Å².